The van der Waals surface area contributed by atoms with E-state index in [-0.39, 0.29) is 0 Å². The second-order valence-electron chi connectivity index (χ2n) is 3.07. The number of hydrogen-bond donors (Lipinski definition) is 1. The number of hydrogen-bond acceptors (Lipinski definition) is 2. The average Bonchev–Trinajstić information content (AvgIpc) is 2.24. The highest BCUT2D eigenvalue weighted by atomic mass is 16.4. The summed E-state index contributed by atoms with van der Waals surface area (Å²) in [4.78, 5) is 10.3. The van der Waals surface area contributed by atoms with Crippen molar-refractivity contribution in [2.45, 2.75) is 12.8 Å². The third-order valence-electron chi connectivity index (χ3n) is 1.89. The number of aliphatic carboxylic acids is 1. The van der Waals surface area contributed by atoms with E-state index in [9.17, 15) is 4.79 Å². The van der Waals surface area contributed by atoms with Crippen LogP contribution >= 0.6 is 0 Å². The highest BCUT2D eigenvalue weighted by Gasteiger charge is 1.94. The van der Waals surface area contributed by atoms with E-state index in [1.807, 2.05) is 24.3 Å². The fraction of sp³-hybridized carbons (Fsp3) is 0.167. The van der Waals surface area contributed by atoms with Crippen LogP contribution in [0.1, 0.15) is 17.5 Å². The van der Waals surface area contributed by atoms with E-state index >= 15 is 0 Å². The number of rotatable bonds is 4. The van der Waals surface area contributed by atoms with Crippen molar-refractivity contribution in [3.05, 3.63) is 41.5 Å². The average molecular weight is 201 g/mol. The number of carboxylic acid groups (broad SMARTS) is 1. The molecule has 1 aromatic carbocycles. The van der Waals surface area contributed by atoms with E-state index in [1.54, 1.807) is 0 Å². The second kappa shape index (κ2) is 5.61. The molecule has 0 aliphatic carbocycles. The van der Waals surface area contributed by atoms with Gasteiger partial charge in [-0.1, -0.05) is 24.3 Å². The van der Waals surface area contributed by atoms with Crippen LogP contribution in [0.4, 0.5) is 0 Å². The molecule has 0 atom stereocenters. The number of aryl methyl sites for hydroxylation is 1. The molecule has 0 aliphatic heterocycles. The Kier molecular flexibility index (Phi) is 4.11. The molecule has 0 aromatic heterocycles. The van der Waals surface area contributed by atoms with Crippen LogP contribution in [0, 0.1) is 11.3 Å². The first-order chi connectivity index (χ1) is 7.22. The summed E-state index contributed by atoms with van der Waals surface area (Å²) in [6, 6.07) is 9.57. The first kappa shape index (κ1) is 11.0. The zero-order chi connectivity index (χ0) is 11.1. The standard InChI is InChI=1S/C12H11NO2/c13-8-2-5-10-3-1-4-11(9-10)6-7-12(14)15/h1,3-4,6-7,9H,2,5H2,(H,14,15). The van der Waals surface area contributed by atoms with Crippen molar-refractivity contribution in [3.63, 3.8) is 0 Å². The van der Waals surface area contributed by atoms with E-state index in [0.29, 0.717) is 12.8 Å². The van der Waals surface area contributed by atoms with Gasteiger partial charge in [0.2, 0.25) is 0 Å². The van der Waals surface area contributed by atoms with Crippen molar-refractivity contribution in [1.82, 2.24) is 0 Å². The van der Waals surface area contributed by atoms with Crippen LogP contribution in [-0.2, 0) is 11.2 Å². The minimum absolute atomic E-state index is 0.478. The number of carbonyl (C=O) groups is 1. The van der Waals surface area contributed by atoms with E-state index in [1.165, 1.54) is 6.08 Å². The highest BCUT2D eigenvalue weighted by molar-refractivity contribution is 5.85. The smallest absolute Gasteiger partial charge is 0.328 e. The molecule has 15 heavy (non-hydrogen) atoms. The Bertz CT molecular complexity index is 416. The Morgan fingerprint density at radius 3 is 3.00 bits per heavy atom. The van der Waals surface area contributed by atoms with Crippen LogP contribution in [-0.4, -0.2) is 11.1 Å². The monoisotopic (exact) mass is 201 g/mol. The van der Waals surface area contributed by atoms with Crippen LogP contribution in [0.15, 0.2) is 30.3 Å². The maximum atomic E-state index is 10.3. The molecule has 3 nitrogen and oxygen atoms in total. The summed E-state index contributed by atoms with van der Waals surface area (Å²) in [5, 5.41) is 16.9. The van der Waals surface area contributed by atoms with Crippen LogP contribution < -0.4 is 0 Å². The molecule has 0 spiro atoms. The van der Waals surface area contributed by atoms with Gasteiger partial charge in [-0.25, -0.2) is 4.79 Å². The van der Waals surface area contributed by atoms with Gasteiger partial charge in [0.25, 0.3) is 0 Å². The lowest BCUT2D eigenvalue weighted by Crippen LogP contribution is -1.87. The predicted octanol–water partition coefficient (Wildman–Crippen LogP) is 2.24. The minimum atomic E-state index is -0.961. The summed E-state index contributed by atoms with van der Waals surface area (Å²) in [6.07, 6.45) is 3.82. The number of benzene rings is 1. The van der Waals surface area contributed by atoms with Gasteiger partial charge < -0.3 is 5.11 Å². The van der Waals surface area contributed by atoms with Crippen molar-refractivity contribution >= 4 is 12.0 Å². The fourth-order valence-corrected chi connectivity index (χ4v) is 1.22. The maximum Gasteiger partial charge on any atom is 0.328 e. The molecule has 0 amide bonds. The van der Waals surface area contributed by atoms with Crippen molar-refractivity contribution < 1.29 is 9.90 Å². The fourth-order valence-electron chi connectivity index (χ4n) is 1.22. The molecule has 0 aliphatic rings. The molecule has 1 rings (SSSR count). The Morgan fingerprint density at radius 2 is 2.33 bits per heavy atom. The van der Waals surface area contributed by atoms with E-state index < -0.39 is 5.97 Å². The van der Waals surface area contributed by atoms with Gasteiger partial charge in [-0.3, -0.25) is 0 Å². The topological polar surface area (TPSA) is 61.1 Å². The second-order valence-corrected chi connectivity index (χ2v) is 3.07. The lowest BCUT2D eigenvalue weighted by Gasteiger charge is -1.98. The maximum absolute atomic E-state index is 10.3. The molecular formula is C12H11NO2. The largest absolute Gasteiger partial charge is 0.478 e. The van der Waals surface area contributed by atoms with E-state index in [2.05, 4.69) is 6.07 Å². The van der Waals surface area contributed by atoms with Gasteiger partial charge in [-0.15, -0.1) is 0 Å². The lowest BCUT2D eigenvalue weighted by atomic mass is 10.1. The van der Waals surface area contributed by atoms with Crippen LogP contribution in [0.25, 0.3) is 6.08 Å². The summed E-state index contributed by atoms with van der Waals surface area (Å²) < 4.78 is 0. The van der Waals surface area contributed by atoms with Crippen LogP contribution in [0.3, 0.4) is 0 Å². The molecule has 0 fully saturated rings. The van der Waals surface area contributed by atoms with Crippen molar-refractivity contribution in [1.29, 1.82) is 5.26 Å². The molecule has 0 saturated carbocycles. The lowest BCUT2D eigenvalue weighted by molar-refractivity contribution is -0.131. The molecule has 3 heteroatoms. The number of nitriles is 1. The molecule has 0 saturated heterocycles. The van der Waals surface area contributed by atoms with Crippen molar-refractivity contribution in [2.75, 3.05) is 0 Å². The van der Waals surface area contributed by atoms with Crippen LogP contribution in [0.5, 0.6) is 0 Å². The van der Waals surface area contributed by atoms with Gasteiger partial charge in [0.15, 0.2) is 0 Å². The Labute approximate surface area is 88.3 Å². The summed E-state index contributed by atoms with van der Waals surface area (Å²) in [6.45, 7) is 0. The van der Waals surface area contributed by atoms with Gasteiger partial charge in [-0.05, 0) is 23.6 Å². The molecular weight excluding hydrogens is 190 g/mol. The third kappa shape index (κ3) is 4.10. The van der Waals surface area contributed by atoms with Crippen molar-refractivity contribution in [2.24, 2.45) is 0 Å². The quantitative estimate of drug-likeness (QED) is 0.760. The summed E-state index contributed by atoms with van der Waals surface area (Å²) in [7, 11) is 0. The predicted molar refractivity (Wildman–Crippen MR) is 57.0 cm³/mol. The summed E-state index contributed by atoms with van der Waals surface area (Å²) in [5.41, 5.74) is 1.89. The molecule has 1 N–H and O–H groups in total. The Morgan fingerprint density at radius 1 is 1.53 bits per heavy atom. The summed E-state index contributed by atoms with van der Waals surface area (Å²) >= 11 is 0. The molecule has 0 unspecified atom stereocenters. The first-order valence-corrected chi connectivity index (χ1v) is 4.59. The molecule has 0 bridgehead atoms. The van der Waals surface area contributed by atoms with Crippen molar-refractivity contribution in [3.8, 4) is 6.07 Å². The number of carboxylic acids is 1. The zero-order valence-electron chi connectivity index (χ0n) is 8.18. The van der Waals surface area contributed by atoms with E-state index in [0.717, 1.165) is 17.2 Å². The van der Waals surface area contributed by atoms with Gasteiger partial charge in [0, 0.05) is 12.5 Å². The van der Waals surface area contributed by atoms with Gasteiger partial charge >= 0.3 is 5.97 Å². The first-order valence-electron chi connectivity index (χ1n) is 4.59. The van der Waals surface area contributed by atoms with Gasteiger partial charge in [0.05, 0.1) is 6.07 Å². The van der Waals surface area contributed by atoms with Gasteiger partial charge in [-0.2, -0.15) is 5.26 Å². The Hall–Kier alpha value is -2.08. The third-order valence-corrected chi connectivity index (χ3v) is 1.89. The molecule has 0 heterocycles. The van der Waals surface area contributed by atoms with E-state index in [4.69, 9.17) is 10.4 Å². The zero-order valence-corrected chi connectivity index (χ0v) is 8.18. The molecule has 1 aromatic rings. The Balaban J connectivity index is 2.74. The SMILES string of the molecule is N#CCCc1cccc(C=CC(=O)O)c1. The molecule has 76 valence electrons. The minimum Gasteiger partial charge on any atom is -0.478 e. The number of nitrogens with zero attached hydrogens (tertiary/aromatic N) is 1. The van der Waals surface area contributed by atoms with Gasteiger partial charge in [0.1, 0.15) is 0 Å². The molecule has 0 radical (unpaired) electrons. The highest BCUT2D eigenvalue weighted by Crippen LogP contribution is 2.08. The normalized spacial score (nSPS) is 10.1. The van der Waals surface area contributed by atoms with Crippen LogP contribution in [0.2, 0.25) is 0 Å². The summed E-state index contributed by atoms with van der Waals surface area (Å²) in [5.74, 6) is -0.961.